The zero-order valence-corrected chi connectivity index (χ0v) is 12.6. The summed E-state index contributed by atoms with van der Waals surface area (Å²) in [4.78, 5) is 26.7. The third-order valence-corrected chi connectivity index (χ3v) is 4.86. The summed E-state index contributed by atoms with van der Waals surface area (Å²) in [6.45, 7) is 2.87. The number of anilines is 1. The van der Waals surface area contributed by atoms with E-state index < -0.39 is 0 Å². The van der Waals surface area contributed by atoms with Gasteiger partial charge in [-0.2, -0.15) is 0 Å². The fourth-order valence-electron chi connectivity index (χ4n) is 3.73. The van der Waals surface area contributed by atoms with Gasteiger partial charge in [0.05, 0.1) is 17.5 Å². The summed E-state index contributed by atoms with van der Waals surface area (Å²) in [6.07, 6.45) is 2.81. The van der Waals surface area contributed by atoms with Gasteiger partial charge in [-0.05, 0) is 43.5 Å². The molecule has 1 aromatic carbocycles. The van der Waals surface area contributed by atoms with Gasteiger partial charge in [0.15, 0.2) is 0 Å². The first-order valence-corrected chi connectivity index (χ1v) is 7.77. The number of amides is 2. The third kappa shape index (κ3) is 2.38. The Morgan fingerprint density at radius 3 is 2.43 bits per heavy atom. The van der Waals surface area contributed by atoms with Crippen molar-refractivity contribution in [2.24, 2.45) is 17.8 Å². The molecule has 1 heterocycles. The van der Waals surface area contributed by atoms with Gasteiger partial charge in [0.1, 0.15) is 0 Å². The van der Waals surface area contributed by atoms with E-state index in [4.69, 9.17) is 0 Å². The Hall–Kier alpha value is -1.68. The fraction of sp³-hybridized carbons (Fsp3) is 0.529. The zero-order valence-electron chi connectivity index (χ0n) is 12.6. The number of nitrogens with zero attached hydrogens (tertiary/aromatic N) is 1. The van der Waals surface area contributed by atoms with Crippen LogP contribution in [-0.4, -0.2) is 18.9 Å². The molecule has 0 bridgehead atoms. The van der Waals surface area contributed by atoms with Crippen LogP contribution in [0.1, 0.15) is 31.7 Å². The van der Waals surface area contributed by atoms with Gasteiger partial charge in [0, 0.05) is 6.54 Å². The van der Waals surface area contributed by atoms with Crippen LogP contribution >= 0.6 is 0 Å². The van der Waals surface area contributed by atoms with Crippen molar-refractivity contribution in [2.75, 3.05) is 11.9 Å². The second-order valence-corrected chi connectivity index (χ2v) is 6.17. The van der Waals surface area contributed by atoms with Gasteiger partial charge in [0.25, 0.3) is 0 Å². The number of imide groups is 1. The van der Waals surface area contributed by atoms with Crippen LogP contribution in [0, 0.1) is 17.8 Å². The molecule has 112 valence electrons. The summed E-state index contributed by atoms with van der Waals surface area (Å²) in [6, 6.07) is 7.70. The summed E-state index contributed by atoms with van der Waals surface area (Å²) >= 11 is 0. The van der Waals surface area contributed by atoms with E-state index in [1.165, 1.54) is 4.90 Å². The molecule has 0 radical (unpaired) electrons. The molecule has 1 N–H and O–H groups in total. The number of nitrogens with one attached hydrogen (secondary N) is 1. The number of hydrogen-bond acceptors (Lipinski definition) is 3. The van der Waals surface area contributed by atoms with Crippen molar-refractivity contribution in [3.8, 4) is 0 Å². The van der Waals surface area contributed by atoms with Crippen molar-refractivity contribution >= 4 is 17.5 Å². The molecule has 4 heteroatoms. The highest BCUT2D eigenvalue weighted by Gasteiger charge is 2.52. The molecule has 1 aromatic rings. The van der Waals surface area contributed by atoms with Crippen LogP contribution in [0.25, 0.3) is 0 Å². The molecular weight excluding hydrogens is 264 g/mol. The smallest absolute Gasteiger partial charge is 0.237 e. The lowest BCUT2D eigenvalue weighted by atomic mass is 10.00. The molecule has 2 fully saturated rings. The van der Waals surface area contributed by atoms with Crippen LogP contribution in [0.3, 0.4) is 0 Å². The molecule has 0 aromatic heterocycles. The van der Waals surface area contributed by atoms with Gasteiger partial charge in [-0.3, -0.25) is 14.5 Å². The molecule has 2 aliphatic rings. The standard InChI is InChI=1S/C17H22N2O2/c1-3-11-8-14-15(9-11)17(21)19(16(14)20)13-6-4-5-12(7-13)10-18-2/h4-7,11,14-15,18H,3,8-10H2,1-2H3. The Kier molecular flexibility index (Phi) is 3.81. The fourth-order valence-corrected chi connectivity index (χ4v) is 3.73. The zero-order chi connectivity index (χ0) is 15.0. The molecule has 1 aliphatic heterocycles. The van der Waals surface area contributed by atoms with Gasteiger partial charge in [-0.15, -0.1) is 0 Å². The van der Waals surface area contributed by atoms with Crippen molar-refractivity contribution in [3.05, 3.63) is 29.8 Å². The minimum atomic E-state index is -0.0876. The van der Waals surface area contributed by atoms with E-state index in [0.717, 1.165) is 37.1 Å². The summed E-state index contributed by atoms with van der Waals surface area (Å²) in [7, 11) is 1.88. The number of fused-ring (bicyclic) bond motifs is 1. The second-order valence-electron chi connectivity index (χ2n) is 6.17. The van der Waals surface area contributed by atoms with E-state index in [-0.39, 0.29) is 23.7 Å². The number of hydrogen-bond donors (Lipinski definition) is 1. The van der Waals surface area contributed by atoms with Crippen LogP contribution in [0.15, 0.2) is 24.3 Å². The first-order chi connectivity index (χ1) is 10.2. The van der Waals surface area contributed by atoms with E-state index >= 15 is 0 Å². The molecule has 21 heavy (non-hydrogen) atoms. The summed E-state index contributed by atoms with van der Waals surface area (Å²) in [5.41, 5.74) is 1.80. The topological polar surface area (TPSA) is 49.4 Å². The van der Waals surface area contributed by atoms with Gasteiger partial charge < -0.3 is 5.32 Å². The molecular formula is C17H22N2O2. The van der Waals surface area contributed by atoms with Crippen LogP contribution < -0.4 is 10.2 Å². The number of carbonyl (C=O) groups excluding carboxylic acids is 2. The Bertz CT molecular complexity index is 546. The molecule has 1 saturated heterocycles. The van der Waals surface area contributed by atoms with E-state index in [1.54, 1.807) is 0 Å². The minimum Gasteiger partial charge on any atom is -0.316 e. The first kappa shape index (κ1) is 14.3. The predicted molar refractivity (Wildman–Crippen MR) is 81.7 cm³/mol. The maximum atomic E-state index is 12.6. The molecule has 1 saturated carbocycles. The van der Waals surface area contributed by atoms with Crippen molar-refractivity contribution < 1.29 is 9.59 Å². The number of benzene rings is 1. The van der Waals surface area contributed by atoms with Crippen LogP contribution in [0.2, 0.25) is 0 Å². The third-order valence-electron chi connectivity index (χ3n) is 4.86. The lowest BCUT2D eigenvalue weighted by Crippen LogP contribution is -2.32. The summed E-state index contributed by atoms with van der Waals surface area (Å²) in [5.74, 6) is 0.363. The van der Waals surface area contributed by atoms with Crippen molar-refractivity contribution in [3.63, 3.8) is 0 Å². The average Bonchev–Trinajstić information content (AvgIpc) is 3.00. The molecule has 3 rings (SSSR count). The lowest BCUT2D eigenvalue weighted by Gasteiger charge is -2.18. The Morgan fingerprint density at radius 1 is 1.19 bits per heavy atom. The highest BCUT2D eigenvalue weighted by atomic mass is 16.2. The van der Waals surface area contributed by atoms with E-state index in [9.17, 15) is 9.59 Å². The van der Waals surface area contributed by atoms with Gasteiger partial charge in [0.2, 0.25) is 11.8 Å². The molecule has 4 nitrogen and oxygen atoms in total. The average molecular weight is 286 g/mol. The van der Waals surface area contributed by atoms with Crippen molar-refractivity contribution in [2.45, 2.75) is 32.7 Å². The first-order valence-electron chi connectivity index (χ1n) is 7.77. The quantitative estimate of drug-likeness (QED) is 0.864. The van der Waals surface area contributed by atoms with Crippen LogP contribution in [0.5, 0.6) is 0 Å². The highest BCUT2D eigenvalue weighted by Crippen LogP contribution is 2.45. The maximum Gasteiger partial charge on any atom is 0.237 e. The summed E-state index contributed by atoms with van der Waals surface area (Å²) < 4.78 is 0. The second kappa shape index (κ2) is 5.60. The van der Waals surface area contributed by atoms with E-state index in [0.29, 0.717) is 5.92 Å². The molecule has 2 amide bonds. The van der Waals surface area contributed by atoms with Gasteiger partial charge in [-0.25, -0.2) is 0 Å². The van der Waals surface area contributed by atoms with Crippen LogP contribution in [-0.2, 0) is 16.1 Å². The number of carbonyl (C=O) groups is 2. The largest absolute Gasteiger partial charge is 0.316 e. The molecule has 2 atom stereocenters. The minimum absolute atomic E-state index is 0.00237. The Balaban J connectivity index is 1.86. The van der Waals surface area contributed by atoms with Crippen LogP contribution in [0.4, 0.5) is 5.69 Å². The van der Waals surface area contributed by atoms with Crippen molar-refractivity contribution in [1.82, 2.24) is 5.32 Å². The number of rotatable bonds is 4. The van der Waals surface area contributed by atoms with Crippen molar-refractivity contribution in [1.29, 1.82) is 0 Å². The lowest BCUT2D eigenvalue weighted by molar-refractivity contribution is -0.123. The van der Waals surface area contributed by atoms with E-state index in [2.05, 4.69) is 12.2 Å². The SMILES string of the molecule is CCC1CC2C(=O)N(c3cccc(CNC)c3)C(=O)C2C1. The molecule has 2 unspecified atom stereocenters. The maximum absolute atomic E-state index is 12.6. The molecule has 1 aliphatic carbocycles. The van der Waals surface area contributed by atoms with Gasteiger partial charge in [-0.1, -0.05) is 25.5 Å². The Labute approximate surface area is 125 Å². The normalized spacial score (nSPS) is 28.3. The summed E-state index contributed by atoms with van der Waals surface area (Å²) in [5, 5.41) is 3.09. The predicted octanol–water partition coefficient (Wildman–Crippen LogP) is 2.33. The Morgan fingerprint density at radius 2 is 1.86 bits per heavy atom. The monoisotopic (exact) mass is 286 g/mol. The highest BCUT2D eigenvalue weighted by molar-refractivity contribution is 6.22. The molecule has 0 spiro atoms. The van der Waals surface area contributed by atoms with Gasteiger partial charge >= 0.3 is 0 Å². The van der Waals surface area contributed by atoms with E-state index in [1.807, 2.05) is 31.3 Å².